The van der Waals surface area contributed by atoms with Gasteiger partial charge in [0.2, 0.25) is 0 Å². The van der Waals surface area contributed by atoms with Crippen LogP contribution in [0, 0.1) is 6.92 Å². The van der Waals surface area contributed by atoms with Gasteiger partial charge >= 0.3 is 0 Å². The van der Waals surface area contributed by atoms with Gasteiger partial charge in [-0.1, -0.05) is 0 Å². The quantitative estimate of drug-likeness (QED) is 0.565. The van der Waals surface area contributed by atoms with Crippen molar-refractivity contribution in [3.8, 4) is 0 Å². The van der Waals surface area contributed by atoms with E-state index in [9.17, 15) is 10.2 Å². The number of aliphatic hydroxyl groups is 2. The van der Waals surface area contributed by atoms with E-state index in [1.165, 1.54) is 0 Å². The van der Waals surface area contributed by atoms with Crippen molar-refractivity contribution in [2.24, 2.45) is 0 Å². The van der Waals surface area contributed by atoms with E-state index in [4.69, 9.17) is 5.73 Å². The van der Waals surface area contributed by atoms with Gasteiger partial charge in [0.15, 0.2) is 0 Å². The number of aliphatic hydroxyl groups excluding tert-OH is 2. The van der Waals surface area contributed by atoms with Gasteiger partial charge in [-0.25, -0.2) is 0 Å². The molecule has 0 saturated heterocycles. The molecule has 90 valence electrons. The molecule has 0 aliphatic rings. The number of hydrogen-bond donors (Lipinski definition) is 4. The second-order valence-electron chi connectivity index (χ2n) is 3.83. The molecule has 1 aromatic rings. The van der Waals surface area contributed by atoms with Crippen LogP contribution in [0.1, 0.15) is 23.8 Å². The Morgan fingerprint density at radius 1 is 1.50 bits per heavy atom. The van der Waals surface area contributed by atoms with E-state index >= 15 is 0 Å². The van der Waals surface area contributed by atoms with Crippen LogP contribution < -0.4 is 11.1 Å². The fourth-order valence-electron chi connectivity index (χ4n) is 1.46. The number of pyridine rings is 1. The average molecular weight is 225 g/mol. The first-order valence-corrected chi connectivity index (χ1v) is 5.29. The number of hydrogen-bond acceptors (Lipinski definition) is 5. The Balaban J connectivity index is 2.79. The van der Waals surface area contributed by atoms with E-state index in [-0.39, 0.29) is 0 Å². The molecular formula is C11H19N3O2. The standard InChI is InChI=1S/C11H19N3O2/c1-7-3-6-14-10(9(7)12)11(16)8(15)4-5-13-2/h3,6,8,11,13,15-16H,4-5,12H2,1-2H3. The second kappa shape index (κ2) is 5.79. The molecule has 5 nitrogen and oxygen atoms in total. The highest BCUT2D eigenvalue weighted by molar-refractivity contribution is 5.50. The molecule has 16 heavy (non-hydrogen) atoms. The molecule has 0 aliphatic heterocycles. The maximum atomic E-state index is 9.90. The summed E-state index contributed by atoms with van der Waals surface area (Å²) in [5.41, 5.74) is 7.45. The molecule has 1 heterocycles. The van der Waals surface area contributed by atoms with Gasteiger partial charge in [-0.15, -0.1) is 0 Å². The number of nitrogens with two attached hydrogens (primary N) is 1. The zero-order valence-corrected chi connectivity index (χ0v) is 9.64. The first-order chi connectivity index (χ1) is 7.57. The normalized spacial score (nSPS) is 14.8. The van der Waals surface area contributed by atoms with Crippen molar-refractivity contribution in [2.45, 2.75) is 25.6 Å². The third kappa shape index (κ3) is 2.91. The third-order valence-electron chi connectivity index (χ3n) is 2.57. The lowest BCUT2D eigenvalue weighted by Gasteiger charge is -2.19. The molecule has 0 amide bonds. The average Bonchev–Trinajstić information content (AvgIpc) is 2.28. The molecule has 2 unspecified atom stereocenters. The van der Waals surface area contributed by atoms with Gasteiger partial charge in [-0.05, 0) is 38.6 Å². The lowest BCUT2D eigenvalue weighted by atomic mass is 10.0. The SMILES string of the molecule is CNCCC(O)C(O)c1nccc(C)c1N. The van der Waals surface area contributed by atoms with Gasteiger partial charge in [0.05, 0.1) is 17.5 Å². The smallest absolute Gasteiger partial charge is 0.124 e. The van der Waals surface area contributed by atoms with E-state index in [0.717, 1.165) is 5.56 Å². The predicted molar refractivity (Wildman–Crippen MR) is 62.9 cm³/mol. The van der Waals surface area contributed by atoms with Crippen LogP contribution in [0.2, 0.25) is 0 Å². The van der Waals surface area contributed by atoms with E-state index in [0.29, 0.717) is 24.3 Å². The summed E-state index contributed by atoms with van der Waals surface area (Å²) >= 11 is 0. The van der Waals surface area contributed by atoms with Crippen LogP contribution in [0.3, 0.4) is 0 Å². The molecular weight excluding hydrogens is 206 g/mol. The summed E-state index contributed by atoms with van der Waals surface area (Å²) in [6, 6.07) is 1.77. The van der Waals surface area contributed by atoms with Gasteiger partial charge in [-0.3, -0.25) is 4.98 Å². The summed E-state index contributed by atoms with van der Waals surface area (Å²) in [4.78, 5) is 4.01. The maximum Gasteiger partial charge on any atom is 0.124 e. The molecule has 0 bridgehead atoms. The van der Waals surface area contributed by atoms with Crippen LogP contribution in [-0.4, -0.2) is 34.9 Å². The topological polar surface area (TPSA) is 91.4 Å². The Labute approximate surface area is 95.3 Å². The van der Waals surface area contributed by atoms with E-state index in [2.05, 4.69) is 10.3 Å². The van der Waals surface area contributed by atoms with Crippen molar-refractivity contribution in [3.63, 3.8) is 0 Å². The van der Waals surface area contributed by atoms with Gasteiger partial charge in [-0.2, -0.15) is 0 Å². The highest BCUT2D eigenvalue weighted by Crippen LogP contribution is 2.24. The summed E-state index contributed by atoms with van der Waals surface area (Å²) in [7, 11) is 1.79. The largest absolute Gasteiger partial charge is 0.397 e. The van der Waals surface area contributed by atoms with Crippen LogP contribution in [0.5, 0.6) is 0 Å². The van der Waals surface area contributed by atoms with Gasteiger partial charge in [0, 0.05) is 6.20 Å². The zero-order chi connectivity index (χ0) is 12.1. The van der Waals surface area contributed by atoms with Crippen LogP contribution in [0.25, 0.3) is 0 Å². The Hall–Kier alpha value is -1.17. The molecule has 2 atom stereocenters. The molecule has 0 aromatic carbocycles. The fraction of sp³-hybridized carbons (Fsp3) is 0.545. The van der Waals surface area contributed by atoms with Gasteiger partial charge < -0.3 is 21.3 Å². The molecule has 0 spiro atoms. The van der Waals surface area contributed by atoms with Gasteiger partial charge in [0.25, 0.3) is 0 Å². The molecule has 0 aliphatic carbocycles. The zero-order valence-electron chi connectivity index (χ0n) is 9.64. The number of aryl methyl sites for hydroxylation is 1. The Morgan fingerprint density at radius 3 is 2.81 bits per heavy atom. The molecule has 1 aromatic heterocycles. The second-order valence-corrected chi connectivity index (χ2v) is 3.83. The Morgan fingerprint density at radius 2 is 2.19 bits per heavy atom. The summed E-state index contributed by atoms with van der Waals surface area (Å²) in [6.45, 7) is 2.47. The van der Waals surface area contributed by atoms with Crippen LogP contribution in [0.15, 0.2) is 12.3 Å². The fourth-order valence-corrected chi connectivity index (χ4v) is 1.46. The summed E-state index contributed by atoms with van der Waals surface area (Å²) in [5.74, 6) is 0. The van der Waals surface area contributed by atoms with Crippen molar-refractivity contribution in [2.75, 3.05) is 19.3 Å². The van der Waals surface area contributed by atoms with Crippen molar-refractivity contribution in [3.05, 3.63) is 23.5 Å². The van der Waals surface area contributed by atoms with Crippen molar-refractivity contribution in [1.82, 2.24) is 10.3 Å². The minimum absolute atomic E-state index is 0.351. The van der Waals surface area contributed by atoms with Crippen molar-refractivity contribution in [1.29, 1.82) is 0 Å². The number of nitrogens with one attached hydrogen (secondary N) is 1. The summed E-state index contributed by atoms with van der Waals surface area (Å²) in [5, 5.41) is 22.5. The number of rotatable bonds is 5. The van der Waals surface area contributed by atoms with E-state index < -0.39 is 12.2 Å². The number of anilines is 1. The molecule has 0 saturated carbocycles. The van der Waals surface area contributed by atoms with Crippen LogP contribution in [0.4, 0.5) is 5.69 Å². The maximum absolute atomic E-state index is 9.90. The lowest BCUT2D eigenvalue weighted by Crippen LogP contribution is -2.24. The number of nitrogens with zero attached hydrogens (tertiary/aromatic N) is 1. The summed E-state index contributed by atoms with van der Waals surface area (Å²) in [6.07, 6.45) is 0.138. The first-order valence-electron chi connectivity index (χ1n) is 5.29. The molecule has 0 fully saturated rings. The Bertz CT molecular complexity index is 344. The molecule has 1 rings (SSSR count). The molecule has 5 N–H and O–H groups in total. The van der Waals surface area contributed by atoms with Crippen molar-refractivity contribution >= 4 is 5.69 Å². The van der Waals surface area contributed by atoms with E-state index in [1.54, 1.807) is 19.3 Å². The predicted octanol–water partition coefficient (Wildman–Crippen LogP) is -0.0240. The molecule has 5 heteroatoms. The van der Waals surface area contributed by atoms with Gasteiger partial charge in [0.1, 0.15) is 6.10 Å². The minimum Gasteiger partial charge on any atom is -0.397 e. The number of nitrogen functional groups attached to an aromatic ring is 1. The highest BCUT2D eigenvalue weighted by Gasteiger charge is 2.21. The third-order valence-corrected chi connectivity index (χ3v) is 2.57. The van der Waals surface area contributed by atoms with Crippen molar-refractivity contribution < 1.29 is 10.2 Å². The minimum atomic E-state index is -1.03. The number of aromatic nitrogens is 1. The van der Waals surface area contributed by atoms with E-state index in [1.807, 2.05) is 6.92 Å². The monoisotopic (exact) mass is 225 g/mol. The Kier molecular flexibility index (Phi) is 4.67. The summed E-state index contributed by atoms with van der Waals surface area (Å²) < 4.78 is 0. The molecule has 0 radical (unpaired) electrons. The first kappa shape index (κ1) is 12.9. The van der Waals surface area contributed by atoms with Crippen LogP contribution in [-0.2, 0) is 0 Å². The highest BCUT2D eigenvalue weighted by atomic mass is 16.3. The lowest BCUT2D eigenvalue weighted by molar-refractivity contribution is 0.0120. The van der Waals surface area contributed by atoms with Crippen LogP contribution >= 0.6 is 0 Å².